The average Bonchev–Trinajstić information content (AvgIpc) is 2.66. The summed E-state index contributed by atoms with van der Waals surface area (Å²) in [6.45, 7) is 1.46. The van der Waals surface area contributed by atoms with Crippen molar-refractivity contribution < 1.29 is 18.0 Å². The summed E-state index contributed by atoms with van der Waals surface area (Å²) in [4.78, 5) is 33.4. The first-order valence-electron chi connectivity index (χ1n) is 8.29. The van der Waals surface area contributed by atoms with Crippen LogP contribution in [0.5, 0.6) is 0 Å². The molecular formula is C16H21N7O5S. The molecule has 13 heteroatoms. The van der Waals surface area contributed by atoms with Crippen molar-refractivity contribution in [2.45, 2.75) is 24.4 Å². The highest BCUT2D eigenvalue weighted by molar-refractivity contribution is 7.92. The Balaban J connectivity index is 2.37. The van der Waals surface area contributed by atoms with E-state index in [1.165, 1.54) is 30.5 Å². The maximum atomic E-state index is 12.9. The Hall–Kier alpha value is -3.61. The molecule has 0 aromatic carbocycles. The molecule has 2 aromatic rings. The van der Waals surface area contributed by atoms with Crippen molar-refractivity contribution in [3.63, 3.8) is 0 Å². The molecule has 2 aromatic heterocycles. The van der Waals surface area contributed by atoms with Gasteiger partial charge in [0.25, 0.3) is 15.6 Å². The largest absolute Gasteiger partial charge is 0.393 e. The number of aromatic nitrogens is 2. The lowest BCUT2D eigenvalue weighted by Gasteiger charge is -2.20. The van der Waals surface area contributed by atoms with Gasteiger partial charge in [-0.2, -0.15) is 8.42 Å². The highest BCUT2D eigenvalue weighted by Gasteiger charge is 2.24. The Morgan fingerprint density at radius 3 is 2.59 bits per heavy atom. The number of hydrogen-bond acceptors (Lipinski definition) is 7. The number of nitrogens with one attached hydrogen (secondary N) is 1. The minimum Gasteiger partial charge on any atom is -0.393 e. The van der Waals surface area contributed by atoms with Crippen LogP contribution in [0, 0.1) is 6.92 Å². The Labute approximate surface area is 166 Å². The number of amides is 1. The van der Waals surface area contributed by atoms with Crippen molar-refractivity contribution in [2.75, 3.05) is 11.3 Å². The Kier molecular flexibility index (Phi) is 6.77. The molecular weight excluding hydrogens is 402 g/mol. The highest BCUT2D eigenvalue weighted by atomic mass is 32.2. The number of sulfonamides is 1. The van der Waals surface area contributed by atoms with E-state index in [1.54, 1.807) is 13.0 Å². The lowest BCUT2D eigenvalue weighted by Crippen LogP contribution is -2.37. The van der Waals surface area contributed by atoms with Crippen LogP contribution >= 0.6 is 0 Å². The lowest BCUT2D eigenvalue weighted by molar-refractivity contribution is -0.121. The predicted octanol–water partition coefficient (Wildman–Crippen LogP) is -1.03. The van der Waals surface area contributed by atoms with Crippen molar-refractivity contribution >= 4 is 27.6 Å². The quantitative estimate of drug-likeness (QED) is 0.170. The summed E-state index contributed by atoms with van der Waals surface area (Å²) >= 11 is 0. The molecule has 0 aliphatic carbocycles. The van der Waals surface area contributed by atoms with E-state index in [4.69, 9.17) is 22.0 Å². The summed E-state index contributed by atoms with van der Waals surface area (Å²) in [6.07, 6.45) is 1.28. The van der Waals surface area contributed by atoms with Gasteiger partial charge in [-0.3, -0.25) is 18.9 Å². The molecule has 0 fully saturated rings. The summed E-state index contributed by atoms with van der Waals surface area (Å²) in [5.74, 6) is -1.12. The van der Waals surface area contributed by atoms with Gasteiger partial charge in [0, 0.05) is 18.3 Å². The van der Waals surface area contributed by atoms with E-state index in [1.807, 2.05) is 0 Å². The summed E-state index contributed by atoms with van der Waals surface area (Å²) in [5.41, 5.74) is 15.1. The summed E-state index contributed by atoms with van der Waals surface area (Å²) < 4.78 is 28.2. The van der Waals surface area contributed by atoms with Gasteiger partial charge in [-0.1, -0.05) is 6.07 Å². The average molecular weight is 423 g/mol. The maximum Gasteiger partial charge on any atom is 0.279 e. The molecule has 12 nitrogen and oxygen atoms in total. The highest BCUT2D eigenvalue weighted by Crippen LogP contribution is 2.16. The number of guanidine groups is 1. The SMILES string of the molecule is Cc1ccc(NS(=O)(=O)c2ccccn2)c(=O)n1C(CCON=C(N)N)C(N)=O. The number of carbonyl (C=O) groups is 1. The molecule has 0 bridgehead atoms. The van der Waals surface area contributed by atoms with Crippen LogP contribution in [0.2, 0.25) is 0 Å². The van der Waals surface area contributed by atoms with Crippen LogP contribution in [0.15, 0.2) is 51.5 Å². The Bertz CT molecular complexity index is 1060. The van der Waals surface area contributed by atoms with Crippen LogP contribution in [0.1, 0.15) is 18.2 Å². The van der Waals surface area contributed by atoms with Gasteiger partial charge in [0.2, 0.25) is 11.9 Å². The molecule has 7 N–H and O–H groups in total. The van der Waals surface area contributed by atoms with Gasteiger partial charge in [-0.25, -0.2) is 4.98 Å². The number of aryl methyl sites for hydroxylation is 1. The second-order valence-electron chi connectivity index (χ2n) is 5.89. The van der Waals surface area contributed by atoms with Crippen LogP contribution in [0.4, 0.5) is 5.69 Å². The molecule has 0 aliphatic rings. The smallest absolute Gasteiger partial charge is 0.279 e. The van der Waals surface area contributed by atoms with Gasteiger partial charge < -0.3 is 22.0 Å². The van der Waals surface area contributed by atoms with Crippen molar-refractivity contribution in [3.05, 3.63) is 52.6 Å². The summed E-state index contributed by atoms with van der Waals surface area (Å²) in [7, 11) is -4.10. The van der Waals surface area contributed by atoms with Gasteiger partial charge in [0.15, 0.2) is 5.03 Å². The van der Waals surface area contributed by atoms with Gasteiger partial charge in [0.05, 0.1) is 0 Å². The fraction of sp³-hybridized carbons (Fsp3) is 0.250. The summed E-state index contributed by atoms with van der Waals surface area (Å²) in [6, 6.07) is 5.99. The third-order valence-corrected chi connectivity index (χ3v) is 5.05. The number of rotatable bonds is 9. The number of nitrogens with two attached hydrogens (primary N) is 3. The topological polar surface area (TPSA) is 198 Å². The molecule has 2 heterocycles. The van der Waals surface area contributed by atoms with Crippen molar-refractivity contribution in [2.24, 2.45) is 22.4 Å². The first kappa shape index (κ1) is 21.7. The normalized spacial score (nSPS) is 12.0. The number of carbonyl (C=O) groups excluding carboxylic acids is 1. The molecule has 1 atom stereocenters. The molecule has 0 radical (unpaired) electrons. The molecule has 0 saturated carbocycles. The van der Waals surface area contributed by atoms with Gasteiger partial charge in [-0.05, 0) is 36.3 Å². The van der Waals surface area contributed by atoms with Crippen molar-refractivity contribution in [1.82, 2.24) is 9.55 Å². The van der Waals surface area contributed by atoms with Gasteiger partial charge in [0.1, 0.15) is 18.3 Å². The lowest BCUT2D eigenvalue weighted by atomic mass is 10.1. The third-order valence-electron chi connectivity index (χ3n) is 3.77. The minimum atomic E-state index is -4.10. The molecule has 1 unspecified atom stereocenters. The zero-order chi connectivity index (χ0) is 21.6. The fourth-order valence-corrected chi connectivity index (χ4v) is 3.50. The zero-order valence-electron chi connectivity index (χ0n) is 15.5. The molecule has 0 saturated heterocycles. The van der Waals surface area contributed by atoms with Crippen LogP contribution in [-0.2, 0) is 19.7 Å². The maximum absolute atomic E-state index is 12.9. The number of oxime groups is 1. The first-order valence-corrected chi connectivity index (χ1v) is 9.78. The van der Waals surface area contributed by atoms with E-state index < -0.39 is 27.5 Å². The van der Waals surface area contributed by atoms with Crippen LogP contribution in [-0.4, -0.2) is 36.4 Å². The van der Waals surface area contributed by atoms with Crippen molar-refractivity contribution in [1.29, 1.82) is 0 Å². The summed E-state index contributed by atoms with van der Waals surface area (Å²) in [5, 5.41) is 3.07. The molecule has 156 valence electrons. The van der Waals surface area contributed by atoms with E-state index in [0.29, 0.717) is 5.69 Å². The molecule has 29 heavy (non-hydrogen) atoms. The predicted molar refractivity (Wildman–Crippen MR) is 105 cm³/mol. The number of anilines is 1. The van der Waals surface area contributed by atoms with Crippen LogP contribution in [0.25, 0.3) is 0 Å². The van der Waals surface area contributed by atoms with E-state index in [0.717, 1.165) is 4.57 Å². The van der Waals surface area contributed by atoms with Crippen LogP contribution in [0.3, 0.4) is 0 Å². The minimum absolute atomic E-state index is 0.0245. The van der Waals surface area contributed by atoms with Gasteiger partial charge in [-0.15, -0.1) is 0 Å². The number of primary amides is 1. The molecule has 0 spiro atoms. The number of nitrogens with zero attached hydrogens (tertiary/aromatic N) is 3. The standard InChI is InChI=1S/C16H21N7O5S/c1-10-5-6-11(22-29(26,27)13-4-2-3-8-20-13)15(25)23(10)12(14(17)24)7-9-28-21-16(18)19/h2-6,8,12,22H,7,9H2,1H3,(H2,17,24)(H4,18,19,21). The molecule has 0 aliphatic heterocycles. The van der Waals surface area contributed by atoms with Crippen LogP contribution < -0.4 is 27.5 Å². The monoisotopic (exact) mass is 423 g/mol. The Morgan fingerprint density at radius 1 is 1.28 bits per heavy atom. The van der Waals surface area contributed by atoms with E-state index >= 15 is 0 Å². The first-order chi connectivity index (χ1) is 13.6. The van der Waals surface area contributed by atoms with E-state index in [-0.39, 0.29) is 29.7 Å². The number of pyridine rings is 2. The Morgan fingerprint density at radius 2 is 2.00 bits per heavy atom. The number of hydrogen-bond donors (Lipinski definition) is 4. The fourth-order valence-electron chi connectivity index (χ4n) is 2.50. The van der Waals surface area contributed by atoms with E-state index in [9.17, 15) is 18.0 Å². The third kappa shape index (κ3) is 5.44. The second-order valence-corrected chi connectivity index (χ2v) is 7.52. The van der Waals surface area contributed by atoms with Crippen molar-refractivity contribution in [3.8, 4) is 0 Å². The molecule has 2 rings (SSSR count). The van der Waals surface area contributed by atoms with E-state index in [2.05, 4.69) is 14.9 Å². The van der Waals surface area contributed by atoms with Gasteiger partial charge >= 0.3 is 0 Å². The second kappa shape index (κ2) is 9.05. The molecule has 1 amide bonds. The zero-order valence-corrected chi connectivity index (χ0v) is 16.3.